The fourth-order valence-corrected chi connectivity index (χ4v) is 5.17. The van der Waals surface area contributed by atoms with Gasteiger partial charge >= 0.3 is 6.18 Å². The summed E-state index contributed by atoms with van der Waals surface area (Å²) in [7, 11) is 0. The highest BCUT2D eigenvalue weighted by Gasteiger charge is 2.37. The molecule has 0 bridgehead atoms. The van der Waals surface area contributed by atoms with Crippen molar-refractivity contribution in [2.75, 3.05) is 5.32 Å². The van der Waals surface area contributed by atoms with Gasteiger partial charge in [-0.15, -0.1) is 11.3 Å². The Morgan fingerprint density at radius 3 is 2.68 bits per heavy atom. The van der Waals surface area contributed by atoms with Crippen LogP contribution in [0.15, 0.2) is 35.8 Å². The van der Waals surface area contributed by atoms with Crippen LogP contribution in [0.2, 0.25) is 0 Å². The van der Waals surface area contributed by atoms with Gasteiger partial charge in [-0.3, -0.25) is 4.79 Å². The molecule has 1 aliphatic carbocycles. The van der Waals surface area contributed by atoms with Crippen LogP contribution in [0.25, 0.3) is 11.3 Å². The van der Waals surface area contributed by atoms with Gasteiger partial charge < -0.3 is 16.2 Å². The van der Waals surface area contributed by atoms with E-state index in [0.29, 0.717) is 48.5 Å². The Labute approximate surface area is 198 Å². The number of amides is 1. The zero-order chi connectivity index (χ0) is 24.5. The van der Waals surface area contributed by atoms with E-state index in [2.05, 4.69) is 20.3 Å². The van der Waals surface area contributed by atoms with E-state index in [1.165, 1.54) is 11.3 Å². The molecule has 0 aliphatic heterocycles. The van der Waals surface area contributed by atoms with Gasteiger partial charge in [0.25, 0.3) is 0 Å². The van der Waals surface area contributed by atoms with Crippen molar-refractivity contribution < 1.29 is 23.1 Å². The van der Waals surface area contributed by atoms with Gasteiger partial charge in [-0.1, -0.05) is 0 Å². The summed E-state index contributed by atoms with van der Waals surface area (Å²) in [4.78, 5) is 23.3. The molecule has 2 aromatic heterocycles. The monoisotopic (exact) mass is 491 g/mol. The van der Waals surface area contributed by atoms with Crippen LogP contribution in [0.3, 0.4) is 0 Å². The maximum absolute atomic E-state index is 13.0. The third-order valence-corrected chi connectivity index (χ3v) is 6.94. The van der Waals surface area contributed by atoms with Gasteiger partial charge in [-0.25, -0.2) is 15.0 Å². The smallest absolute Gasteiger partial charge is 0.383 e. The molecule has 0 radical (unpaired) electrons. The lowest BCUT2D eigenvalue weighted by atomic mass is 9.78. The van der Waals surface area contributed by atoms with Crippen molar-refractivity contribution in [2.24, 2.45) is 11.7 Å². The number of benzene rings is 1. The first-order valence-corrected chi connectivity index (χ1v) is 11.7. The number of anilines is 2. The number of nitrogens with two attached hydrogens (primary N) is 1. The first kappa shape index (κ1) is 24.1. The van der Waals surface area contributed by atoms with Crippen LogP contribution >= 0.6 is 11.3 Å². The molecule has 1 fully saturated rings. The highest BCUT2D eigenvalue weighted by molar-refractivity contribution is 7.10. The van der Waals surface area contributed by atoms with E-state index in [-0.39, 0.29) is 17.8 Å². The molecule has 1 amide bonds. The number of aliphatic hydroxyl groups is 1. The normalized spacial score (nSPS) is 20.8. The SMILES string of the molecule is Cc1cc(Nc2nccc(C(F)(F)F)n2)cc(-c2csc(C3(O)CCC(CC(N)=O)CC3)n2)c1. The molecule has 1 aliphatic rings. The van der Waals surface area contributed by atoms with E-state index in [0.717, 1.165) is 23.4 Å². The molecule has 1 saturated carbocycles. The molecule has 0 unspecified atom stereocenters. The van der Waals surface area contributed by atoms with Crippen LogP contribution in [0.1, 0.15) is 48.4 Å². The molecule has 0 saturated heterocycles. The summed E-state index contributed by atoms with van der Waals surface area (Å²) >= 11 is 1.36. The van der Waals surface area contributed by atoms with Gasteiger partial charge in [0.05, 0.1) is 5.69 Å². The van der Waals surface area contributed by atoms with Crippen LogP contribution in [-0.4, -0.2) is 26.0 Å². The van der Waals surface area contributed by atoms with Gasteiger partial charge in [0.15, 0.2) is 0 Å². The van der Waals surface area contributed by atoms with E-state index < -0.39 is 17.5 Å². The largest absolute Gasteiger partial charge is 0.433 e. The Morgan fingerprint density at radius 2 is 2.00 bits per heavy atom. The van der Waals surface area contributed by atoms with Gasteiger partial charge in [-0.2, -0.15) is 13.2 Å². The van der Waals surface area contributed by atoms with Gasteiger partial charge in [0.1, 0.15) is 16.3 Å². The number of primary amides is 1. The second-order valence-corrected chi connectivity index (χ2v) is 9.52. The number of aryl methyl sites for hydroxylation is 1. The Hall–Kier alpha value is -3.05. The summed E-state index contributed by atoms with van der Waals surface area (Å²) in [5.41, 5.74) is 6.02. The average Bonchev–Trinajstić information content (AvgIpc) is 3.26. The zero-order valence-electron chi connectivity index (χ0n) is 18.4. The third-order valence-electron chi connectivity index (χ3n) is 5.90. The second kappa shape index (κ2) is 9.30. The Balaban J connectivity index is 1.53. The minimum atomic E-state index is -4.56. The fourth-order valence-electron chi connectivity index (χ4n) is 4.19. The molecule has 7 nitrogen and oxygen atoms in total. The van der Waals surface area contributed by atoms with Gasteiger partial charge in [0.2, 0.25) is 11.9 Å². The fraction of sp³-hybridized carbons (Fsp3) is 0.391. The molecule has 2 heterocycles. The van der Waals surface area contributed by atoms with E-state index in [1.54, 1.807) is 12.1 Å². The molecule has 34 heavy (non-hydrogen) atoms. The molecule has 11 heteroatoms. The lowest BCUT2D eigenvalue weighted by Crippen LogP contribution is -2.32. The van der Waals surface area contributed by atoms with E-state index in [4.69, 9.17) is 5.73 Å². The number of halogens is 3. The Kier molecular flexibility index (Phi) is 6.59. The van der Waals surface area contributed by atoms with Crippen LogP contribution in [0, 0.1) is 12.8 Å². The summed E-state index contributed by atoms with van der Waals surface area (Å²) in [6, 6.07) is 6.25. The predicted molar refractivity (Wildman–Crippen MR) is 122 cm³/mol. The molecule has 0 spiro atoms. The number of rotatable bonds is 6. The molecular weight excluding hydrogens is 467 g/mol. The molecule has 4 N–H and O–H groups in total. The van der Waals surface area contributed by atoms with Crippen LogP contribution < -0.4 is 11.1 Å². The number of carbonyl (C=O) groups excluding carboxylic acids is 1. The number of hydrogen-bond donors (Lipinski definition) is 3. The summed E-state index contributed by atoms with van der Waals surface area (Å²) in [5, 5.41) is 16.5. The minimum Gasteiger partial charge on any atom is -0.383 e. The highest BCUT2D eigenvalue weighted by atomic mass is 32.1. The zero-order valence-corrected chi connectivity index (χ0v) is 19.2. The average molecular weight is 492 g/mol. The van der Waals surface area contributed by atoms with Gasteiger partial charge in [0, 0.05) is 29.2 Å². The van der Waals surface area contributed by atoms with Crippen molar-refractivity contribution in [3.05, 3.63) is 52.1 Å². The standard InChI is InChI=1S/C23H24F3N5O2S/c1-13-8-15(11-16(9-13)29-21-28-7-4-18(31-21)23(24,25)26)17-12-34-20(30-17)22(33)5-2-14(3-6-22)10-19(27)32/h4,7-9,11-12,14,33H,2-3,5-6,10H2,1H3,(H2,27,32)(H,28,29,31). The number of aromatic nitrogens is 3. The number of nitrogens with zero attached hydrogens (tertiary/aromatic N) is 3. The van der Waals surface area contributed by atoms with Crippen molar-refractivity contribution in [3.63, 3.8) is 0 Å². The molecule has 3 aromatic rings. The lowest BCUT2D eigenvalue weighted by molar-refractivity contribution is -0.141. The number of nitrogens with one attached hydrogen (secondary N) is 1. The Morgan fingerprint density at radius 1 is 1.26 bits per heavy atom. The molecule has 4 rings (SSSR count). The maximum atomic E-state index is 13.0. The van der Waals surface area contributed by atoms with E-state index in [9.17, 15) is 23.1 Å². The van der Waals surface area contributed by atoms with Crippen molar-refractivity contribution in [1.29, 1.82) is 0 Å². The highest BCUT2D eigenvalue weighted by Crippen LogP contribution is 2.42. The number of thiazole rings is 1. The van der Waals surface area contributed by atoms with E-state index >= 15 is 0 Å². The van der Waals surface area contributed by atoms with Crippen molar-refractivity contribution in [1.82, 2.24) is 15.0 Å². The van der Waals surface area contributed by atoms with Gasteiger partial charge in [-0.05, 0) is 68.4 Å². The summed E-state index contributed by atoms with van der Waals surface area (Å²) in [6.07, 6.45) is -0.772. The summed E-state index contributed by atoms with van der Waals surface area (Å²) < 4.78 is 38.9. The summed E-state index contributed by atoms with van der Waals surface area (Å²) in [5.74, 6) is -0.306. The lowest BCUT2D eigenvalue weighted by Gasteiger charge is -2.34. The first-order valence-electron chi connectivity index (χ1n) is 10.8. The van der Waals surface area contributed by atoms with Crippen molar-refractivity contribution in [3.8, 4) is 11.3 Å². The van der Waals surface area contributed by atoms with Crippen molar-refractivity contribution >= 4 is 28.9 Å². The first-order chi connectivity index (χ1) is 16.0. The Bertz CT molecular complexity index is 1190. The predicted octanol–water partition coefficient (Wildman–Crippen LogP) is 4.92. The maximum Gasteiger partial charge on any atom is 0.433 e. The third kappa shape index (κ3) is 5.53. The molecular formula is C23H24F3N5O2S. The number of alkyl halides is 3. The van der Waals surface area contributed by atoms with Crippen LogP contribution in [-0.2, 0) is 16.6 Å². The second-order valence-electron chi connectivity index (χ2n) is 8.66. The summed E-state index contributed by atoms with van der Waals surface area (Å²) in [6.45, 7) is 1.86. The van der Waals surface area contributed by atoms with Crippen molar-refractivity contribution in [2.45, 2.75) is 50.8 Å². The minimum absolute atomic E-state index is 0.160. The molecule has 1 aromatic carbocycles. The quantitative estimate of drug-likeness (QED) is 0.451. The van der Waals surface area contributed by atoms with E-state index in [1.807, 2.05) is 18.4 Å². The topological polar surface area (TPSA) is 114 Å². The van der Waals surface area contributed by atoms with Crippen LogP contribution in [0.5, 0.6) is 0 Å². The molecule has 0 atom stereocenters. The number of carbonyl (C=O) groups is 1. The molecule has 180 valence electrons. The van der Waals surface area contributed by atoms with Crippen LogP contribution in [0.4, 0.5) is 24.8 Å². The number of hydrogen-bond acceptors (Lipinski definition) is 7.